The maximum atomic E-state index is 12.3. The fourth-order valence-corrected chi connectivity index (χ4v) is 17.5. The van der Waals surface area contributed by atoms with Crippen LogP contribution < -0.4 is 5.32 Å². The molecule has 5 heterocycles. The predicted molar refractivity (Wildman–Crippen MR) is 535 cm³/mol. The van der Waals surface area contributed by atoms with Crippen molar-refractivity contribution in [2.45, 2.75) is 132 Å². The van der Waals surface area contributed by atoms with Gasteiger partial charge in [-0.1, -0.05) is 55.4 Å². The van der Waals surface area contributed by atoms with Gasteiger partial charge >= 0.3 is 95.5 Å². The molecule has 850 valence electrons. The van der Waals surface area contributed by atoms with Gasteiger partial charge in [0.25, 0.3) is 0 Å². The molecule has 0 radical (unpaired) electrons. The van der Waals surface area contributed by atoms with Gasteiger partial charge in [-0.2, -0.15) is 0 Å². The number of carbonyl (C=O) groups is 19. The summed E-state index contributed by atoms with van der Waals surface area (Å²) in [6.45, 7) is 29.9. The SMILES string of the molecule is CC(C)CC(=O)CN1CCN(CC(=O)O)CCN(CC(=O)O)CC1.CC(C)CC(=O)CN1CCN(CC(=O)O)CCN(CC(=O)O)CCN(CC(=O)O)CC1.CC(C)CC1CN(CC(=O)O)CCN(CC(=O)O)CCN(CC(=O)O)CCN1CC(=O)O.CC(C)CC1CN(CC(=O)O)CCN(CC(=O)O)CCN1CC(=O)O.CC(C)NC(=O)CCC(C(=O)O)N1CCN(CC(=O)O)CCN(CC(=O)O)CCN(CC(=O)O)CC1. The van der Waals surface area contributed by atoms with Gasteiger partial charge < -0.3 is 87.0 Å². The van der Waals surface area contributed by atoms with Gasteiger partial charge in [-0.05, 0) is 56.8 Å². The summed E-state index contributed by atoms with van der Waals surface area (Å²) in [5.74, 6) is -14.8. The average Bonchev–Trinajstić information content (AvgIpc) is 1.65. The Morgan fingerprint density at radius 3 is 0.554 bits per heavy atom. The minimum absolute atomic E-state index is 0.00647. The Hall–Kier alpha value is -10.4. The molecule has 3 unspecified atom stereocenters. The molecule has 0 spiro atoms. The molecule has 3 atom stereocenters. The van der Waals surface area contributed by atoms with E-state index in [1.54, 1.807) is 87.3 Å². The topological polar surface area (TPSA) is 718 Å². The maximum Gasteiger partial charge on any atom is 0.320 e. The second-order valence-electron chi connectivity index (χ2n) is 39.9. The maximum absolute atomic E-state index is 12.3. The summed E-state index contributed by atoms with van der Waals surface area (Å²) in [5, 5.41) is 151. The van der Waals surface area contributed by atoms with Crippen LogP contribution in [0.3, 0.4) is 0 Å². The van der Waals surface area contributed by atoms with Crippen molar-refractivity contribution in [2.75, 3.05) is 334 Å². The van der Waals surface area contributed by atoms with E-state index < -0.39 is 102 Å². The lowest BCUT2D eigenvalue weighted by Crippen LogP contribution is -2.53. The van der Waals surface area contributed by atoms with Crippen molar-refractivity contribution in [1.29, 1.82) is 0 Å². The Morgan fingerprint density at radius 1 is 0.216 bits per heavy atom. The van der Waals surface area contributed by atoms with Crippen LogP contribution in [0.1, 0.15) is 108 Å². The lowest BCUT2D eigenvalue weighted by molar-refractivity contribution is -0.145. The van der Waals surface area contributed by atoms with Gasteiger partial charge in [0, 0.05) is 260 Å². The van der Waals surface area contributed by atoms with E-state index in [4.69, 9.17) is 25.5 Å². The Bertz CT molecular complexity index is 4000. The van der Waals surface area contributed by atoms with Crippen molar-refractivity contribution in [2.24, 2.45) is 23.7 Å². The third-order valence-electron chi connectivity index (χ3n) is 24.3. The van der Waals surface area contributed by atoms with Gasteiger partial charge in [0.15, 0.2) is 0 Å². The summed E-state index contributed by atoms with van der Waals surface area (Å²) in [7, 11) is 0. The molecule has 54 nitrogen and oxygen atoms in total. The Morgan fingerprint density at radius 2 is 0.385 bits per heavy atom. The van der Waals surface area contributed by atoms with Gasteiger partial charge in [0.05, 0.1) is 111 Å². The summed E-state index contributed by atoms with van der Waals surface area (Å²) in [6.07, 6.45) is 2.40. The second-order valence-corrected chi connectivity index (χ2v) is 39.9. The second kappa shape index (κ2) is 75.3. The van der Waals surface area contributed by atoms with Crippen molar-refractivity contribution in [1.82, 2.24) is 93.5 Å². The van der Waals surface area contributed by atoms with Crippen molar-refractivity contribution >= 4 is 113 Å². The van der Waals surface area contributed by atoms with E-state index in [1.165, 1.54) is 0 Å². The molecule has 5 aliphatic heterocycles. The zero-order chi connectivity index (χ0) is 112. The highest BCUT2D eigenvalue weighted by atomic mass is 16.4. The number of carboxylic acids is 16. The molecular weight excluding hydrogens is 1960 g/mol. The van der Waals surface area contributed by atoms with Crippen molar-refractivity contribution in [3.05, 3.63) is 0 Å². The van der Waals surface area contributed by atoms with E-state index in [-0.39, 0.29) is 217 Å². The van der Waals surface area contributed by atoms with E-state index in [0.717, 1.165) is 6.42 Å². The molecule has 17 N–H and O–H groups in total. The minimum Gasteiger partial charge on any atom is -0.480 e. The minimum atomic E-state index is -1.12. The normalized spacial score (nSPS) is 19.7. The monoisotopic (exact) mass is 2120 g/mol. The van der Waals surface area contributed by atoms with Crippen molar-refractivity contribution < 1.29 is 173 Å². The van der Waals surface area contributed by atoms with Crippen molar-refractivity contribution in [3.63, 3.8) is 0 Å². The summed E-state index contributed by atoms with van der Waals surface area (Å²) in [6, 6.07) is -1.44. The molecule has 54 heteroatoms. The first kappa shape index (κ1) is 136. The van der Waals surface area contributed by atoms with Gasteiger partial charge in [-0.15, -0.1) is 0 Å². The molecule has 0 aliphatic carbocycles. The Labute approximate surface area is 865 Å². The first-order chi connectivity index (χ1) is 69.3. The first-order valence-electron chi connectivity index (χ1n) is 50.2. The van der Waals surface area contributed by atoms with Gasteiger partial charge in [0.1, 0.15) is 17.6 Å². The van der Waals surface area contributed by atoms with Crippen LogP contribution in [-0.2, 0) is 91.1 Å². The largest absolute Gasteiger partial charge is 0.480 e. The summed E-state index contributed by atoms with van der Waals surface area (Å²) < 4.78 is 0. The average molecular weight is 2130 g/mol. The zero-order valence-electron chi connectivity index (χ0n) is 87.9. The van der Waals surface area contributed by atoms with Crippen LogP contribution >= 0.6 is 0 Å². The number of hydrogen-bond donors (Lipinski definition) is 17. The van der Waals surface area contributed by atoms with E-state index in [2.05, 4.69) is 5.32 Å². The standard InChI is InChI=1S/C22H39N5O9.C20H36N4O8.C20H36N4O7.C16H29N3O6.C16H29N3O5/c1-16(2)23-18(28)4-3-17(22(35)36)27-11-9-25(14-20(31)32)7-5-24(13-19(29)30)6-8-26(10-12-27)15-21(33)34;1-15(2)9-16-10-23(13-19(29)30)6-5-21(11-17(25)26)3-4-22(12-18(27)28)7-8-24(16)14-20(31)32;1-16(2)11-17(25)12-21-3-5-22(13-18(26)27)7-9-24(15-20(30)31)10-8-23(6-4-21)14-19(28)29;1-12(2)7-13-8-18(10-15(22)23)4-3-17(9-14(20)21)5-6-19(13)11-16(24)25;1-13(2)9-14(20)10-17-3-5-18(11-15(21)22)7-8-19(6-4-17)12-16(23)24/h16-17H,3-15H2,1-2H3,(H,23,28)(H,29,30)(H,31,32)(H,33,34)(H,35,36);15-16H,3-14H2,1-2H3,(H,25,26)(H,27,28)(H,29,30)(H,31,32);16H,3-15H2,1-2H3,(H,26,27)(H,28,29)(H,30,31);12-13H,3-11H2,1-2H3,(H,20,21)(H,22,23)(H,24,25);13H,3-12H2,1-2H3,(H,21,22)(H,23,24). The molecule has 148 heavy (non-hydrogen) atoms. The highest BCUT2D eigenvalue weighted by Gasteiger charge is 2.35. The van der Waals surface area contributed by atoms with Crippen molar-refractivity contribution in [3.8, 4) is 0 Å². The lowest BCUT2D eigenvalue weighted by atomic mass is 10.0. The summed E-state index contributed by atoms with van der Waals surface area (Å²) >= 11 is 0. The molecule has 0 bridgehead atoms. The number of Topliss-reactive ketones (excluding diaryl/α,β-unsaturated/α-hetero) is 2. The molecule has 5 fully saturated rings. The fraction of sp³-hybridized carbons (Fsp3) is 0.798. The molecule has 0 aromatic rings. The molecule has 5 rings (SSSR count). The number of carboxylic acid groups (broad SMARTS) is 16. The first-order valence-corrected chi connectivity index (χ1v) is 50.2. The van der Waals surface area contributed by atoms with Gasteiger partial charge in [0.2, 0.25) is 5.91 Å². The van der Waals surface area contributed by atoms with Crippen LogP contribution in [-0.4, -0.2) is 641 Å². The number of hydrogen-bond acceptors (Lipinski definition) is 37. The third kappa shape index (κ3) is 70.6. The van der Waals surface area contributed by atoms with Crippen LogP contribution in [0.5, 0.6) is 0 Å². The smallest absolute Gasteiger partial charge is 0.320 e. The van der Waals surface area contributed by atoms with E-state index >= 15 is 0 Å². The number of ketones is 2. The molecule has 1 amide bonds. The van der Waals surface area contributed by atoms with E-state index in [1.807, 2.05) is 70.1 Å². The molecule has 0 saturated carbocycles. The lowest BCUT2D eigenvalue weighted by Gasteiger charge is -2.38. The predicted octanol–water partition coefficient (Wildman–Crippen LogP) is -4.48. The van der Waals surface area contributed by atoms with Crippen LogP contribution in [0.2, 0.25) is 0 Å². The molecule has 5 aliphatic rings. The number of rotatable bonds is 48. The van der Waals surface area contributed by atoms with Gasteiger partial charge in [-0.3, -0.25) is 179 Å². The number of nitrogens with one attached hydrogen (secondary N) is 1. The Balaban J connectivity index is 0.000000932. The number of aliphatic carboxylic acids is 16. The highest BCUT2D eigenvalue weighted by Crippen LogP contribution is 2.20. The number of carbonyl (C=O) groups excluding carboxylic acids is 3. The number of nitrogens with zero attached hydrogens (tertiary/aromatic N) is 18. The van der Waals surface area contributed by atoms with E-state index in [9.17, 15) is 147 Å². The highest BCUT2D eigenvalue weighted by molar-refractivity contribution is 5.82. The zero-order valence-corrected chi connectivity index (χ0v) is 87.9. The van der Waals surface area contributed by atoms with E-state index in [0.29, 0.717) is 208 Å². The molecule has 0 aromatic heterocycles. The van der Waals surface area contributed by atoms with Crippen LogP contribution in [0.25, 0.3) is 0 Å². The Kier molecular flexibility index (Phi) is 69.0. The van der Waals surface area contributed by atoms with Crippen LogP contribution in [0.15, 0.2) is 0 Å². The van der Waals surface area contributed by atoms with Crippen LogP contribution in [0, 0.1) is 23.7 Å². The quantitative estimate of drug-likeness (QED) is 0.0273. The summed E-state index contributed by atoms with van der Waals surface area (Å²) in [5.41, 5.74) is 0. The van der Waals surface area contributed by atoms with Gasteiger partial charge in [-0.25, -0.2) is 0 Å². The molecular formula is C94H169N19O35. The van der Waals surface area contributed by atoms with Crippen LogP contribution in [0.4, 0.5) is 0 Å². The molecule has 0 aromatic carbocycles. The number of amides is 1. The third-order valence-corrected chi connectivity index (χ3v) is 24.3. The molecule has 5 saturated heterocycles. The summed E-state index contributed by atoms with van der Waals surface area (Å²) in [4.78, 5) is 249. The fourth-order valence-electron chi connectivity index (χ4n) is 17.5.